The fourth-order valence-corrected chi connectivity index (χ4v) is 4.15. The maximum absolute atomic E-state index is 13.1. The highest BCUT2D eigenvalue weighted by atomic mass is 16.3. The molecule has 0 unspecified atom stereocenters. The predicted octanol–water partition coefficient (Wildman–Crippen LogP) is 3.50. The largest absolute Gasteiger partial charge is 0.459 e. The fraction of sp³-hybridized carbons (Fsp3) is 0.200. The third-order valence-electron chi connectivity index (χ3n) is 5.93. The highest BCUT2D eigenvalue weighted by molar-refractivity contribution is 5.93. The van der Waals surface area contributed by atoms with Crippen molar-refractivity contribution in [2.45, 2.75) is 26.4 Å². The van der Waals surface area contributed by atoms with Gasteiger partial charge in [0.2, 0.25) is 0 Å². The summed E-state index contributed by atoms with van der Waals surface area (Å²) in [6, 6.07) is 14.8. The summed E-state index contributed by atoms with van der Waals surface area (Å²) in [7, 11) is 0. The Kier molecular flexibility index (Phi) is 5.48. The second-order valence-electron chi connectivity index (χ2n) is 8.00. The average molecular weight is 441 g/mol. The van der Waals surface area contributed by atoms with Crippen molar-refractivity contribution in [3.8, 4) is 11.3 Å². The molecule has 1 aliphatic heterocycles. The van der Waals surface area contributed by atoms with Crippen LogP contribution in [0.15, 0.2) is 65.4 Å². The molecule has 0 saturated heterocycles. The van der Waals surface area contributed by atoms with Crippen molar-refractivity contribution in [1.29, 1.82) is 0 Å². The number of pyridine rings is 1. The third kappa shape index (κ3) is 4.15. The van der Waals surface area contributed by atoms with E-state index in [1.54, 1.807) is 23.1 Å². The van der Waals surface area contributed by atoms with E-state index >= 15 is 0 Å². The van der Waals surface area contributed by atoms with Gasteiger partial charge in [-0.2, -0.15) is 5.10 Å². The van der Waals surface area contributed by atoms with E-state index in [1.807, 2.05) is 43.5 Å². The molecule has 0 spiro atoms. The quantitative estimate of drug-likeness (QED) is 0.493. The van der Waals surface area contributed by atoms with Gasteiger partial charge < -0.3 is 14.6 Å². The summed E-state index contributed by atoms with van der Waals surface area (Å²) >= 11 is 0. The average Bonchev–Trinajstić information content (AvgIpc) is 3.56. The van der Waals surface area contributed by atoms with Crippen LogP contribution in [0.4, 0.5) is 0 Å². The van der Waals surface area contributed by atoms with Gasteiger partial charge in [0.25, 0.3) is 11.8 Å². The van der Waals surface area contributed by atoms with Crippen LogP contribution in [0.25, 0.3) is 11.3 Å². The number of hydrogen-bond acceptors (Lipinski definition) is 5. The Morgan fingerprint density at radius 1 is 1.18 bits per heavy atom. The smallest absolute Gasteiger partial charge is 0.287 e. The number of hydrogen-bond donors (Lipinski definition) is 2. The lowest BCUT2D eigenvalue weighted by molar-refractivity contribution is 0.0728. The van der Waals surface area contributed by atoms with E-state index in [0.717, 1.165) is 33.6 Å². The molecule has 3 aromatic heterocycles. The molecule has 2 N–H and O–H groups in total. The lowest BCUT2D eigenvalue weighted by Gasteiger charge is -2.30. The number of amides is 2. The van der Waals surface area contributed by atoms with Gasteiger partial charge in [-0.25, -0.2) is 0 Å². The van der Waals surface area contributed by atoms with Crippen LogP contribution < -0.4 is 5.32 Å². The molecule has 8 heteroatoms. The van der Waals surface area contributed by atoms with Gasteiger partial charge in [-0.15, -0.1) is 0 Å². The van der Waals surface area contributed by atoms with E-state index in [0.29, 0.717) is 31.7 Å². The number of nitrogens with one attached hydrogen (secondary N) is 2. The molecule has 0 bridgehead atoms. The minimum atomic E-state index is -0.266. The number of carbonyl (C=O) groups is 2. The van der Waals surface area contributed by atoms with E-state index < -0.39 is 0 Å². The molecule has 0 atom stereocenters. The summed E-state index contributed by atoms with van der Waals surface area (Å²) in [6.07, 6.45) is 3.99. The van der Waals surface area contributed by atoms with Crippen LogP contribution in [0, 0.1) is 6.92 Å². The van der Waals surface area contributed by atoms with Gasteiger partial charge in [-0.05, 0) is 48.2 Å². The summed E-state index contributed by atoms with van der Waals surface area (Å²) in [5.74, 6) is -0.0849. The minimum Gasteiger partial charge on any atom is -0.459 e. The number of aromatic amines is 1. The van der Waals surface area contributed by atoms with Crippen molar-refractivity contribution in [3.05, 3.63) is 94.8 Å². The van der Waals surface area contributed by atoms with E-state index in [-0.39, 0.29) is 17.6 Å². The number of furan rings is 1. The summed E-state index contributed by atoms with van der Waals surface area (Å²) < 4.78 is 5.16. The predicted molar refractivity (Wildman–Crippen MR) is 121 cm³/mol. The minimum absolute atomic E-state index is 0.0939. The van der Waals surface area contributed by atoms with Crippen LogP contribution in [-0.4, -0.2) is 38.4 Å². The number of rotatable bonds is 5. The number of benzene rings is 1. The summed E-state index contributed by atoms with van der Waals surface area (Å²) in [6.45, 7) is 3.33. The lowest BCUT2D eigenvalue weighted by Crippen LogP contribution is -2.37. The third-order valence-corrected chi connectivity index (χ3v) is 5.93. The van der Waals surface area contributed by atoms with Crippen LogP contribution in [0.3, 0.4) is 0 Å². The van der Waals surface area contributed by atoms with Gasteiger partial charge in [0.15, 0.2) is 5.76 Å². The molecule has 0 saturated carbocycles. The molecule has 0 radical (unpaired) electrons. The second-order valence-corrected chi connectivity index (χ2v) is 8.00. The molecule has 5 rings (SSSR count). The van der Waals surface area contributed by atoms with Crippen LogP contribution in [-0.2, 0) is 19.5 Å². The lowest BCUT2D eigenvalue weighted by atomic mass is 9.94. The molecule has 0 aliphatic carbocycles. The number of fused-ring (bicyclic) bond motifs is 1. The number of aryl methyl sites for hydroxylation is 1. The first-order chi connectivity index (χ1) is 16.1. The van der Waals surface area contributed by atoms with Crippen molar-refractivity contribution in [2.75, 3.05) is 6.54 Å². The Morgan fingerprint density at radius 3 is 2.82 bits per heavy atom. The van der Waals surface area contributed by atoms with Gasteiger partial charge in [-0.3, -0.25) is 19.7 Å². The summed E-state index contributed by atoms with van der Waals surface area (Å²) in [5, 5.41) is 10.1. The Hall–Kier alpha value is -4.20. The van der Waals surface area contributed by atoms with Gasteiger partial charge in [0, 0.05) is 37.1 Å². The highest BCUT2D eigenvalue weighted by Crippen LogP contribution is 2.26. The van der Waals surface area contributed by atoms with E-state index in [9.17, 15) is 9.59 Å². The van der Waals surface area contributed by atoms with E-state index in [2.05, 4.69) is 20.5 Å². The monoisotopic (exact) mass is 441 g/mol. The van der Waals surface area contributed by atoms with Crippen LogP contribution in [0.2, 0.25) is 0 Å². The zero-order chi connectivity index (χ0) is 22.8. The maximum atomic E-state index is 13.1. The molecule has 4 aromatic rings. The molecular formula is C25H23N5O3. The number of aromatic nitrogens is 3. The van der Waals surface area contributed by atoms with Gasteiger partial charge >= 0.3 is 0 Å². The summed E-state index contributed by atoms with van der Waals surface area (Å²) in [4.78, 5) is 31.7. The standard InChI is InChI=1S/C25H23N5O3/c1-16-20(14-27-24(31)23-8-5-11-33-23)19-9-10-30(15-18(19)13-26-16)25(32)22-12-21(28-29-22)17-6-3-2-4-7-17/h2-8,11-13H,9-10,14-15H2,1H3,(H,27,31)(H,28,29). The molecule has 1 aromatic carbocycles. The Balaban J connectivity index is 1.31. The van der Waals surface area contributed by atoms with Crippen molar-refractivity contribution < 1.29 is 14.0 Å². The van der Waals surface area contributed by atoms with Crippen molar-refractivity contribution in [1.82, 2.24) is 25.4 Å². The Labute approximate surface area is 190 Å². The Morgan fingerprint density at radius 2 is 2.03 bits per heavy atom. The second kappa shape index (κ2) is 8.74. The SMILES string of the molecule is Cc1ncc2c(c1CNC(=O)c1ccco1)CCN(C(=O)c1cc(-c3ccccc3)n[nH]1)C2. The number of nitrogens with zero attached hydrogens (tertiary/aromatic N) is 3. The van der Waals surface area contributed by atoms with Gasteiger partial charge in [0.05, 0.1) is 12.0 Å². The fourth-order valence-electron chi connectivity index (χ4n) is 4.15. The van der Waals surface area contributed by atoms with Gasteiger partial charge in [-0.1, -0.05) is 30.3 Å². The zero-order valence-electron chi connectivity index (χ0n) is 18.2. The van der Waals surface area contributed by atoms with Crippen LogP contribution in [0.5, 0.6) is 0 Å². The van der Waals surface area contributed by atoms with E-state index in [4.69, 9.17) is 4.42 Å². The molecule has 4 heterocycles. The summed E-state index contributed by atoms with van der Waals surface area (Å²) in [5.41, 5.74) is 6.15. The van der Waals surface area contributed by atoms with E-state index in [1.165, 1.54) is 6.26 Å². The molecule has 2 amide bonds. The molecule has 8 nitrogen and oxygen atoms in total. The van der Waals surface area contributed by atoms with Crippen LogP contribution >= 0.6 is 0 Å². The molecule has 33 heavy (non-hydrogen) atoms. The van der Waals surface area contributed by atoms with Crippen molar-refractivity contribution in [2.24, 2.45) is 0 Å². The van der Waals surface area contributed by atoms with Crippen molar-refractivity contribution in [3.63, 3.8) is 0 Å². The molecule has 1 aliphatic rings. The Bertz CT molecular complexity index is 1300. The normalized spacial score (nSPS) is 12.9. The molecule has 0 fully saturated rings. The zero-order valence-corrected chi connectivity index (χ0v) is 18.2. The van der Waals surface area contributed by atoms with Crippen LogP contribution in [0.1, 0.15) is 43.4 Å². The topological polar surface area (TPSA) is 104 Å². The van der Waals surface area contributed by atoms with Gasteiger partial charge in [0.1, 0.15) is 5.69 Å². The first kappa shape index (κ1) is 20.7. The highest BCUT2D eigenvalue weighted by Gasteiger charge is 2.26. The van der Waals surface area contributed by atoms with Crippen molar-refractivity contribution >= 4 is 11.8 Å². The number of H-pyrrole nitrogens is 1. The first-order valence-electron chi connectivity index (χ1n) is 10.8. The maximum Gasteiger partial charge on any atom is 0.287 e. The molecule has 166 valence electrons. The number of carbonyl (C=O) groups excluding carboxylic acids is 2. The molecular weight excluding hydrogens is 418 g/mol. The first-order valence-corrected chi connectivity index (χ1v) is 10.8.